The molecule has 94 valence electrons. The normalized spacial score (nSPS) is 23.9. The number of imide groups is 2. The molecule has 2 aliphatic rings. The highest BCUT2D eigenvalue weighted by molar-refractivity contribution is 6.28. The van der Waals surface area contributed by atoms with Crippen molar-refractivity contribution in [1.82, 2.24) is 10.6 Å². The van der Waals surface area contributed by atoms with Crippen molar-refractivity contribution in [2.75, 3.05) is 0 Å². The Hall–Kier alpha value is -2.57. The molecule has 1 saturated heterocycles. The molecule has 18 heavy (non-hydrogen) atoms. The fraction of sp³-hybridized carbons (Fsp3) is 0.182. The number of aliphatic hydroxyl groups is 2. The Kier molecular flexibility index (Phi) is 2.88. The number of nitrogens with one attached hydrogen (secondary N) is 2. The van der Waals surface area contributed by atoms with Crippen LogP contribution in [0.2, 0.25) is 0 Å². The molecule has 1 heterocycles. The van der Waals surface area contributed by atoms with Crippen molar-refractivity contribution in [2.24, 2.45) is 5.92 Å². The minimum absolute atomic E-state index is 0.196. The summed E-state index contributed by atoms with van der Waals surface area (Å²) in [5, 5.41) is 22.4. The summed E-state index contributed by atoms with van der Waals surface area (Å²) in [4.78, 5) is 33.7. The molecule has 1 aliphatic heterocycles. The van der Waals surface area contributed by atoms with Gasteiger partial charge < -0.3 is 10.2 Å². The molecule has 1 aliphatic carbocycles. The third-order valence-corrected chi connectivity index (χ3v) is 2.54. The highest BCUT2D eigenvalue weighted by atomic mass is 16.3. The van der Waals surface area contributed by atoms with Gasteiger partial charge in [-0.25, -0.2) is 4.79 Å². The number of carbonyl (C=O) groups excluding carboxylic acids is 3. The van der Waals surface area contributed by atoms with Crippen LogP contribution in [0.3, 0.4) is 0 Å². The summed E-state index contributed by atoms with van der Waals surface area (Å²) in [6, 6.07) is -0.860. The van der Waals surface area contributed by atoms with E-state index in [0.717, 1.165) is 0 Å². The molecule has 1 atom stereocenters. The van der Waals surface area contributed by atoms with Gasteiger partial charge in [-0.1, -0.05) is 6.08 Å². The quantitative estimate of drug-likeness (QED) is 0.391. The van der Waals surface area contributed by atoms with Crippen molar-refractivity contribution in [3.63, 3.8) is 0 Å². The smallest absolute Gasteiger partial charge is 0.328 e. The van der Waals surface area contributed by atoms with Crippen molar-refractivity contribution in [1.29, 1.82) is 0 Å². The van der Waals surface area contributed by atoms with E-state index in [0.29, 0.717) is 6.42 Å². The zero-order valence-corrected chi connectivity index (χ0v) is 9.14. The minimum atomic E-state index is -0.860. The van der Waals surface area contributed by atoms with Gasteiger partial charge in [0, 0.05) is 5.92 Å². The summed E-state index contributed by atoms with van der Waals surface area (Å²) in [5.41, 5.74) is -0.196. The van der Waals surface area contributed by atoms with E-state index in [1.165, 1.54) is 18.2 Å². The van der Waals surface area contributed by atoms with Crippen molar-refractivity contribution < 1.29 is 24.6 Å². The summed E-state index contributed by atoms with van der Waals surface area (Å²) >= 11 is 0. The number of hydrogen-bond acceptors (Lipinski definition) is 5. The van der Waals surface area contributed by atoms with Crippen LogP contribution in [0.4, 0.5) is 4.79 Å². The molecule has 0 aromatic rings. The van der Waals surface area contributed by atoms with Gasteiger partial charge in [0.15, 0.2) is 11.5 Å². The van der Waals surface area contributed by atoms with Gasteiger partial charge in [-0.15, -0.1) is 0 Å². The molecule has 4 amide bonds. The number of aliphatic hydroxyl groups excluding tert-OH is 2. The molecule has 1 fully saturated rings. The zero-order chi connectivity index (χ0) is 13.3. The Morgan fingerprint density at radius 1 is 1.11 bits per heavy atom. The lowest BCUT2D eigenvalue weighted by molar-refractivity contribution is -0.124. The van der Waals surface area contributed by atoms with E-state index in [2.05, 4.69) is 0 Å². The number of hydrogen-bond donors (Lipinski definition) is 4. The van der Waals surface area contributed by atoms with E-state index < -0.39 is 23.8 Å². The average Bonchev–Trinajstić information content (AvgIpc) is 2.28. The fourth-order valence-electron chi connectivity index (χ4n) is 1.67. The molecule has 0 radical (unpaired) electrons. The van der Waals surface area contributed by atoms with Crippen LogP contribution < -0.4 is 10.6 Å². The zero-order valence-electron chi connectivity index (χ0n) is 9.14. The van der Waals surface area contributed by atoms with Gasteiger partial charge in [0.25, 0.3) is 11.8 Å². The molecule has 0 spiro atoms. The first kappa shape index (κ1) is 11.9. The highest BCUT2D eigenvalue weighted by Crippen LogP contribution is 2.22. The highest BCUT2D eigenvalue weighted by Gasteiger charge is 2.28. The number of allylic oxidation sites excluding steroid dienone is 3. The maximum absolute atomic E-state index is 11.4. The molecule has 0 bridgehead atoms. The second-order valence-electron chi connectivity index (χ2n) is 3.86. The van der Waals surface area contributed by atoms with E-state index in [1.54, 1.807) is 0 Å². The number of amides is 4. The Bertz CT molecular complexity index is 508. The Labute approximate surface area is 101 Å². The Morgan fingerprint density at radius 2 is 1.72 bits per heavy atom. The molecule has 1 unspecified atom stereocenters. The molecule has 4 N–H and O–H groups in total. The molecule has 0 aromatic heterocycles. The van der Waals surface area contributed by atoms with Crippen LogP contribution in [0, 0.1) is 5.92 Å². The van der Waals surface area contributed by atoms with Crippen LogP contribution in [0.15, 0.2) is 35.3 Å². The summed E-state index contributed by atoms with van der Waals surface area (Å²) in [6.07, 6.45) is 4.37. The van der Waals surface area contributed by atoms with Crippen LogP contribution in [0.1, 0.15) is 6.42 Å². The Balaban J connectivity index is 2.22. The number of barbiturate groups is 1. The fourth-order valence-corrected chi connectivity index (χ4v) is 1.67. The first-order chi connectivity index (χ1) is 8.47. The van der Waals surface area contributed by atoms with Gasteiger partial charge in [0.1, 0.15) is 5.57 Å². The molecule has 7 nitrogen and oxygen atoms in total. The minimum Gasteiger partial charge on any atom is -0.504 e. The van der Waals surface area contributed by atoms with E-state index in [1.807, 2.05) is 10.6 Å². The van der Waals surface area contributed by atoms with E-state index in [4.69, 9.17) is 5.11 Å². The van der Waals surface area contributed by atoms with Gasteiger partial charge >= 0.3 is 6.03 Å². The van der Waals surface area contributed by atoms with Gasteiger partial charge in [0.05, 0.1) is 0 Å². The van der Waals surface area contributed by atoms with E-state index >= 15 is 0 Å². The average molecular weight is 250 g/mol. The van der Waals surface area contributed by atoms with Gasteiger partial charge in [0.2, 0.25) is 0 Å². The molecular formula is C11H10N2O5. The van der Waals surface area contributed by atoms with Crippen molar-refractivity contribution >= 4 is 17.8 Å². The van der Waals surface area contributed by atoms with Gasteiger partial charge in [-0.05, 0) is 18.6 Å². The van der Waals surface area contributed by atoms with Crippen LogP contribution in [-0.4, -0.2) is 28.1 Å². The molecule has 7 heteroatoms. The lowest BCUT2D eigenvalue weighted by atomic mass is 9.95. The summed E-state index contributed by atoms with van der Waals surface area (Å²) < 4.78 is 0. The lowest BCUT2D eigenvalue weighted by Crippen LogP contribution is -2.51. The maximum Gasteiger partial charge on any atom is 0.328 e. The largest absolute Gasteiger partial charge is 0.504 e. The van der Waals surface area contributed by atoms with Crippen LogP contribution in [0.25, 0.3) is 0 Å². The van der Waals surface area contributed by atoms with Crippen LogP contribution >= 0.6 is 0 Å². The van der Waals surface area contributed by atoms with Crippen LogP contribution in [-0.2, 0) is 9.59 Å². The maximum atomic E-state index is 11.4. The van der Waals surface area contributed by atoms with Gasteiger partial charge in [-0.2, -0.15) is 0 Å². The molecule has 0 aromatic carbocycles. The monoisotopic (exact) mass is 250 g/mol. The third-order valence-electron chi connectivity index (χ3n) is 2.54. The second kappa shape index (κ2) is 4.36. The topological polar surface area (TPSA) is 116 Å². The number of rotatable bonds is 1. The molecule has 0 saturated carbocycles. The third kappa shape index (κ3) is 2.24. The molecular weight excluding hydrogens is 240 g/mol. The van der Waals surface area contributed by atoms with Crippen LogP contribution in [0.5, 0.6) is 0 Å². The number of carbonyl (C=O) groups is 3. The summed E-state index contributed by atoms with van der Waals surface area (Å²) in [5.74, 6) is -2.51. The standard InChI is InChI=1S/C11H10N2O5/c14-7-2-1-5(4-8(7)15)3-6-9(16)12-11(18)13-10(6)17/h2-5,14-15H,1H2,(H2,12,13,16,17,18). The van der Waals surface area contributed by atoms with Gasteiger partial charge in [-0.3, -0.25) is 20.2 Å². The second-order valence-corrected chi connectivity index (χ2v) is 3.86. The molecule has 2 rings (SSSR count). The summed E-state index contributed by atoms with van der Waals surface area (Å²) in [7, 11) is 0. The van der Waals surface area contributed by atoms with Crippen molar-refractivity contribution in [2.45, 2.75) is 6.42 Å². The van der Waals surface area contributed by atoms with Crippen molar-refractivity contribution in [3.8, 4) is 0 Å². The Morgan fingerprint density at radius 3 is 2.28 bits per heavy atom. The predicted octanol–water partition coefficient (Wildman–Crippen LogP) is 0.183. The lowest BCUT2D eigenvalue weighted by Gasteiger charge is -2.17. The van der Waals surface area contributed by atoms with Crippen molar-refractivity contribution in [3.05, 3.63) is 35.3 Å². The SMILES string of the molecule is O=C1NC(=O)C(=CC2C=C(O)C(O)=CC2)C(=O)N1. The number of urea groups is 1. The van der Waals surface area contributed by atoms with E-state index in [-0.39, 0.29) is 17.1 Å². The summed E-state index contributed by atoms with van der Waals surface area (Å²) in [6.45, 7) is 0. The van der Waals surface area contributed by atoms with E-state index in [9.17, 15) is 19.5 Å². The predicted molar refractivity (Wildman–Crippen MR) is 59.3 cm³/mol. The first-order valence-electron chi connectivity index (χ1n) is 5.16. The first-order valence-corrected chi connectivity index (χ1v) is 5.16.